The average molecular weight is 300 g/mol. The Bertz CT molecular complexity index is 597. The van der Waals surface area contributed by atoms with E-state index in [2.05, 4.69) is 42.7 Å². The van der Waals surface area contributed by atoms with Crippen molar-refractivity contribution in [1.82, 2.24) is 10.6 Å². The molecular formula is C18H24N2O2. The van der Waals surface area contributed by atoms with Gasteiger partial charge in [0, 0.05) is 18.6 Å². The van der Waals surface area contributed by atoms with E-state index in [9.17, 15) is 4.79 Å². The molecular weight excluding hydrogens is 276 g/mol. The van der Waals surface area contributed by atoms with Crippen molar-refractivity contribution in [2.45, 2.75) is 38.8 Å². The van der Waals surface area contributed by atoms with Crippen LogP contribution in [0.1, 0.15) is 36.1 Å². The smallest absolute Gasteiger partial charge is 0.315 e. The van der Waals surface area contributed by atoms with Crippen LogP contribution in [0.5, 0.6) is 0 Å². The van der Waals surface area contributed by atoms with Gasteiger partial charge < -0.3 is 15.7 Å². The van der Waals surface area contributed by atoms with Crippen LogP contribution in [0.15, 0.2) is 30.4 Å². The largest absolute Gasteiger partial charge is 0.396 e. The monoisotopic (exact) mass is 300 g/mol. The predicted molar refractivity (Wildman–Crippen MR) is 86.6 cm³/mol. The molecule has 0 saturated carbocycles. The van der Waals surface area contributed by atoms with Crippen molar-refractivity contribution in [3.8, 4) is 0 Å². The first-order valence-electron chi connectivity index (χ1n) is 8.02. The zero-order valence-electron chi connectivity index (χ0n) is 13.2. The maximum Gasteiger partial charge on any atom is 0.315 e. The highest BCUT2D eigenvalue weighted by Gasteiger charge is 2.31. The van der Waals surface area contributed by atoms with Gasteiger partial charge in [-0.2, -0.15) is 0 Å². The Morgan fingerprint density at radius 3 is 2.86 bits per heavy atom. The Kier molecular flexibility index (Phi) is 4.21. The van der Waals surface area contributed by atoms with Gasteiger partial charge in [-0.15, -0.1) is 0 Å². The van der Waals surface area contributed by atoms with Crippen LogP contribution in [0, 0.1) is 18.8 Å². The van der Waals surface area contributed by atoms with Gasteiger partial charge >= 0.3 is 6.03 Å². The second-order valence-electron chi connectivity index (χ2n) is 6.65. The lowest BCUT2D eigenvalue weighted by Crippen LogP contribution is -2.43. The Morgan fingerprint density at radius 2 is 2.14 bits per heavy atom. The fourth-order valence-electron chi connectivity index (χ4n) is 3.55. The molecule has 22 heavy (non-hydrogen) atoms. The molecule has 0 unspecified atom stereocenters. The van der Waals surface area contributed by atoms with Gasteiger partial charge in [0.1, 0.15) is 0 Å². The third-order valence-corrected chi connectivity index (χ3v) is 4.76. The summed E-state index contributed by atoms with van der Waals surface area (Å²) in [6.45, 7) is 4.40. The minimum absolute atomic E-state index is 0.0193. The summed E-state index contributed by atoms with van der Waals surface area (Å²) in [6.07, 6.45) is 5.73. The molecule has 0 spiro atoms. The Hall–Kier alpha value is -1.81. The maximum absolute atomic E-state index is 12.3. The van der Waals surface area contributed by atoms with E-state index in [1.165, 1.54) is 16.7 Å². The summed E-state index contributed by atoms with van der Waals surface area (Å²) < 4.78 is 0. The number of hydrogen-bond donors (Lipinski definition) is 3. The molecule has 3 N–H and O–H groups in total. The van der Waals surface area contributed by atoms with E-state index in [-0.39, 0.29) is 30.6 Å². The predicted octanol–water partition coefficient (Wildman–Crippen LogP) is 2.46. The summed E-state index contributed by atoms with van der Waals surface area (Å²) in [6, 6.07) is 6.46. The lowest BCUT2D eigenvalue weighted by molar-refractivity contribution is 0.226. The standard InChI is InChI=1S/C18H24N2O2/c1-11-3-5-14-8-12(2)17(16(14)7-11)20-18(22)19-15-6-4-13(9-15)10-21/h3-7,12-13,15,17,21H,8-10H2,1-2H3,(H2,19,20,22)/t12-,13+,15-,17+/m1/s1. The fourth-order valence-corrected chi connectivity index (χ4v) is 3.55. The van der Waals surface area contributed by atoms with E-state index in [1.54, 1.807) is 0 Å². The average Bonchev–Trinajstić information content (AvgIpc) is 3.05. The van der Waals surface area contributed by atoms with Crippen LogP contribution in [-0.2, 0) is 6.42 Å². The molecule has 0 fully saturated rings. The summed E-state index contributed by atoms with van der Waals surface area (Å²) in [5.41, 5.74) is 3.81. The van der Waals surface area contributed by atoms with Gasteiger partial charge in [-0.25, -0.2) is 4.79 Å². The van der Waals surface area contributed by atoms with E-state index in [4.69, 9.17) is 5.11 Å². The number of hydrogen-bond acceptors (Lipinski definition) is 2. The lowest BCUT2D eigenvalue weighted by Gasteiger charge is -2.21. The third kappa shape index (κ3) is 3.02. The normalized spacial score (nSPS) is 29.4. The van der Waals surface area contributed by atoms with Crippen LogP contribution in [0.4, 0.5) is 4.79 Å². The van der Waals surface area contributed by atoms with E-state index < -0.39 is 0 Å². The third-order valence-electron chi connectivity index (χ3n) is 4.76. The molecule has 118 valence electrons. The number of aliphatic hydroxyl groups excluding tert-OH is 1. The molecule has 2 aliphatic carbocycles. The van der Waals surface area contributed by atoms with Gasteiger partial charge in [0.25, 0.3) is 0 Å². The lowest BCUT2D eigenvalue weighted by atomic mass is 10.0. The molecule has 0 aliphatic heterocycles. The van der Waals surface area contributed by atoms with Gasteiger partial charge in [0.2, 0.25) is 0 Å². The molecule has 4 nitrogen and oxygen atoms in total. The van der Waals surface area contributed by atoms with Crippen LogP contribution in [0.3, 0.4) is 0 Å². The molecule has 1 aromatic rings. The first kappa shape index (κ1) is 15.1. The molecule has 2 aliphatic rings. The summed E-state index contributed by atoms with van der Waals surface area (Å²) in [5, 5.41) is 15.3. The number of urea groups is 1. The number of rotatable bonds is 3. The van der Waals surface area contributed by atoms with Gasteiger partial charge in [-0.05, 0) is 36.8 Å². The number of carbonyl (C=O) groups excluding carboxylic acids is 1. The number of fused-ring (bicyclic) bond motifs is 1. The molecule has 0 bridgehead atoms. The van der Waals surface area contributed by atoms with Crippen LogP contribution in [0.25, 0.3) is 0 Å². The molecule has 0 saturated heterocycles. The topological polar surface area (TPSA) is 61.4 Å². The maximum atomic E-state index is 12.3. The molecule has 2 amide bonds. The van der Waals surface area contributed by atoms with Gasteiger partial charge in [0.05, 0.1) is 6.04 Å². The summed E-state index contributed by atoms with van der Waals surface area (Å²) in [7, 11) is 0. The molecule has 0 aromatic heterocycles. The molecule has 1 aromatic carbocycles. The van der Waals surface area contributed by atoms with Crippen molar-refractivity contribution < 1.29 is 9.90 Å². The molecule has 0 radical (unpaired) electrons. The van der Waals surface area contributed by atoms with Gasteiger partial charge in [0.15, 0.2) is 0 Å². The zero-order valence-corrected chi connectivity index (χ0v) is 13.2. The Labute approximate surface area is 131 Å². The second kappa shape index (κ2) is 6.13. The Balaban J connectivity index is 1.63. The van der Waals surface area contributed by atoms with E-state index in [0.29, 0.717) is 5.92 Å². The van der Waals surface area contributed by atoms with E-state index in [1.807, 2.05) is 12.2 Å². The molecule has 4 atom stereocenters. The van der Waals surface area contributed by atoms with Crippen molar-refractivity contribution in [3.05, 3.63) is 47.0 Å². The van der Waals surface area contributed by atoms with E-state index >= 15 is 0 Å². The number of amides is 2. The van der Waals surface area contributed by atoms with Crippen molar-refractivity contribution >= 4 is 6.03 Å². The highest BCUT2D eigenvalue weighted by atomic mass is 16.3. The molecule has 0 heterocycles. The van der Waals surface area contributed by atoms with Crippen LogP contribution in [0.2, 0.25) is 0 Å². The van der Waals surface area contributed by atoms with Gasteiger partial charge in [-0.1, -0.05) is 42.8 Å². The quantitative estimate of drug-likeness (QED) is 0.751. The number of aliphatic hydroxyl groups is 1. The summed E-state index contributed by atoms with van der Waals surface area (Å²) in [4.78, 5) is 12.3. The number of benzene rings is 1. The van der Waals surface area contributed by atoms with Crippen LogP contribution in [-0.4, -0.2) is 23.8 Å². The second-order valence-corrected chi connectivity index (χ2v) is 6.65. The van der Waals surface area contributed by atoms with Crippen molar-refractivity contribution in [2.24, 2.45) is 11.8 Å². The highest BCUT2D eigenvalue weighted by molar-refractivity contribution is 5.75. The van der Waals surface area contributed by atoms with Crippen molar-refractivity contribution in [2.75, 3.05) is 6.61 Å². The molecule has 4 heteroatoms. The van der Waals surface area contributed by atoms with Crippen molar-refractivity contribution in [1.29, 1.82) is 0 Å². The molecule has 3 rings (SSSR count). The number of aryl methyl sites for hydroxylation is 1. The first-order valence-corrected chi connectivity index (χ1v) is 8.02. The summed E-state index contributed by atoms with van der Waals surface area (Å²) in [5.74, 6) is 0.575. The SMILES string of the molecule is Cc1ccc2c(c1)[C@@H](NC(=O)N[C@@H]1C=C[C@H](CO)C1)[C@H](C)C2. The highest BCUT2D eigenvalue weighted by Crippen LogP contribution is 2.36. The van der Waals surface area contributed by atoms with Crippen molar-refractivity contribution in [3.63, 3.8) is 0 Å². The van der Waals surface area contributed by atoms with Gasteiger partial charge in [-0.3, -0.25) is 0 Å². The number of nitrogens with one attached hydrogen (secondary N) is 2. The minimum atomic E-state index is -0.126. The first-order chi connectivity index (χ1) is 10.6. The Morgan fingerprint density at radius 1 is 1.32 bits per heavy atom. The fraction of sp³-hybridized carbons (Fsp3) is 0.500. The zero-order chi connectivity index (χ0) is 15.7. The summed E-state index contributed by atoms with van der Waals surface area (Å²) >= 11 is 0. The van der Waals surface area contributed by atoms with E-state index in [0.717, 1.165) is 12.8 Å². The minimum Gasteiger partial charge on any atom is -0.396 e. The number of carbonyl (C=O) groups is 1. The van der Waals surface area contributed by atoms with Crippen LogP contribution < -0.4 is 10.6 Å². The van der Waals surface area contributed by atoms with Crippen LogP contribution >= 0.6 is 0 Å².